The van der Waals surface area contributed by atoms with E-state index in [0.29, 0.717) is 0 Å². The van der Waals surface area contributed by atoms with Crippen LogP contribution in [0.3, 0.4) is 0 Å². The third kappa shape index (κ3) is 1.19. The summed E-state index contributed by atoms with van der Waals surface area (Å²) in [5, 5.41) is 10.1. The van der Waals surface area contributed by atoms with Gasteiger partial charge in [-0.15, -0.1) is 0 Å². The van der Waals surface area contributed by atoms with Crippen molar-refractivity contribution in [2.45, 2.75) is 20.4 Å². The van der Waals surface area contributed by atoms with Gasteiger partial charge in [-0.2, -0.15) is 5.10 Å². The first-order valence-corrected chi connectivity index (χ1v) is 3.40. The second-order valence-corrected chi connectivity index (χ2v) is 2.44. The Labute approximate surface area is 60.8 Å². The molecular weight excluding hydrogens is 126 g/mol. The Hall–Kier alpha value is -0.830. The highest BCUT2D eigenvalue weighted by Crippen LogP contribution is 2.07. The summed E-state index contributed by atoms with van der Waals surface area (Å²) in [7, 11) is 1.94. The van der Waals surface area contributed by atoms with Gasteiger partial charge >= 0.3 is 0 Å². The lowest BCUT2D eigenvalue weighted by molar-refractivity contribution is 0.807. The van der Waals surface area contributed by atoms with Crippen LogP contribution in [0.25, 0.3) is 0 Å². The third-order valence-corrected chi connectivity index (χ3v) is 1.63. The zero-order valence-electron chi connectivity index (χ0n) is 6.65. The molecule has 0 fully saturated rings. The molecule has 0 saturated carbocycles. The Bertz CT molecular complexity index is 195. The third-order valence-electron chi connectivity index (χ3n) is 1.63. The molecule has 56 valence electrons. The van der Waals surface area contributed by atoms with E-state index in [1.165, 1.54) is 5.56 Å². The van der Waals surface area contributed by atoms with Gasteiger partial charge in [-0.25, -0.2) is 0 Å². The maximum absolute atomic E-state index is 4.07. The number of nitrogens with zero attached hydrogens (tertiary/aromatic N) is 1. The SMILES string of the molecule is CNCc1c(C)n[nH]c1C. The summed E-state index contributed by atoms with van der Waals surface area (Å²) >= 11 is 0. The maximum Gasteiger partial charge on any atom is 0.0638 e. The number of aryl methyl sites for hydroxylation is 2. The van der Waals surface area contributed by atoms with Gasteiger partial charge < -0.3 is 5.32 Å². The minimum atomic E-state index is 0.897. The van der Waals surface area contributed by atoms with E-state index < -0.39 is 0 Å². The van der Waals surface area contributed by atoms with E-state index in [9.17, 15) is 0 Å². The van der Waals surface area contributed by atoms with Crippen molar-refractivity contribution in [2.24, 2.45) is 0 Å². The quantitative estimate of drug-likeness (QED) is 0.634. The minimum absolute atomic E-state index is 0.897. The molecule has 0 aliphatic carbocycles. The largest absolute Gasteiger partial charge is 0.316 e. The van der Waals surface area contributed by atoms with E-state index >= 15 is 0 Å². The molecule has 10 heavy (non-hydrogen) atoms. The molecule has 0 radical (unpaired) electrons. The van der Waals surface area contributed by atoms with Crippen molar-refractivity contribution < 1.29 is 0 Å². The minimum Gasteiger partial charge on any atom is -0.316 e. The standard InChI is InChI=1S/C7H13N3/c1-5-7(4-8-3)6(2)10-9-5/h8H,4H2,1-3H3,(H,9,10). The van der Waals surface area contributed by atoms with Crippen molar-refractivity contribution in [3.63, 3.8) is 0 Å². The van der Waals surface area contributed by atoms with Crippen molar-refractivity contribution in [1.82, 2.24) is 15.5 Å². The molecule has 0 atom stereocenters. The van der Waals surface area contributed by atoms with Gasteiger partial charge in [-0.05, 0) is 20.9 Å². The molecule has 3 nitrogen and oxygen atoms in total. The fourth-order valence-electron chi connectivity index (χ4n) is 1.01. The normalized spacial score (nSPS) is 10.3. The molecular formula is C7H13N3. The predicted octanol–water partition coefficient (Wildman–Crippen LogP) is 0.746. The smallest absolute Gasteiger partial charge is 0.0638 e. The van der Waals surface area contributed by atoms with Gasteiger partial charge in [0.25, 0.3) is 0 Å². The molecule has 0 aliphatic rings. The lowest BCUT2D eigenvalue weighted by Gasteiger charge is -1.97. The predicted molar refractivity (Wildman–Crippen MR) is 40.8 cm³/mol. The lowest BCUT2D eigenvalue weighted by Crippen LogP contribution is -2.06. The Kier molecular flexibility index (Phi) is 2.06. The molecule has 1 aromatic heterocycles. The highest BCUT2D eigenvalue weighted by Gasteiger charge is 2.02. The van der Waals surface area contributed by atoms with Gasteiger partial charge in [0.15, 0.2) is 0 Å². The maximum atomic E-state index is 4.07. The first kappa shape index (κ1) is 7.28. The van der Waals surface area contributed by atoms with Gasteiger partial charge in [0, 0.05) is 17.8 Å². The summed E-state index contributed by atoms with van der Waals surface area (Å²) in [6, 6.07) is 0. The first-order chi connectivity index (χ1) is 4.75. The van der Waals surface area contributed by atoms with Crippen LogP contribution in [0.2, 0.25) is 0 Å². The molecule has 0 bridgehead atoms. The summed E-state index contributed by atoms with van der Waals surface area (Å²) in [5.74, 6) is 0. The zero-order chi connectivity index (χ0) is 7.56. The average Bonchev–Trinajstić information content (AvgIpc) is 2.20. The fraction of sp³-hybridized carbons (Fsp3) is 0.571. The highest BCUT2D eigenvalue weighted by molar-refractivity contribution is 5.22. The summed E-state index contributed by atoms with van der Waals surface area (Å²) in [5.41, 5.74) is 3.53. The summed E-state index contributed by atoms with van der Waals surface area (Å²) in [4.78, 5) is 0. The summed E-state index contributed by atoms with van der Waals surface area (Å²) in [6.07, 6.45) is 0. The second kappa shape index (κ2) is 2.84. The van der Waals surface area contributed by atoms with Crippen LogP contribution < -0.4 is 5.32 Å². The molecule has 0 aliphatic heterocycles. The second-order valence-electron chi connectivity index (χ2n) is 2.44. The van der Waals surface area contributed by atoms with Crippen LogP contribution in [0.1, 0.15) is 17.0 Å². The fourth-order valence-corrected chi connectivity index (χ4v) is 1.01. The van der Waals surface area contributed by atoms with Crippen LogP contribution in [0.15, 0.2) is 0 Å². The monoisotopic (exact) mass is 139 g/mol. The highest BCUT2D eigenvalue weighted by atomic mass is 15.1. The van der Waals surface area contributed by atoms with Crippen LogP contribution in [0.5, 0.6) is 0 Å². The Morgan fingerprint density at radius 2 is 2.20 bits per heavy atom. The van der Waals surface area contributed by atoms with Crippen molar-refractivity contribution in [1.29, 1.82) is 0 Å². The summed E-state index contributed by atoms with van der Waals surface area (Å²) in [6.45, 7) is 4.94. The van der Waals surface area contributed by atoms with Crippen molar-refractivity contribution in [3.05, 3.63) is 17.0 Å². The molecule has 0 saturated heterocycles. The molecule has 0 unspecified atom stereocenters. The van der Waals surface area contributed by atoms with Gasteiger partial charge in [0.1, 0.15) is 0 Å². The van der Waals surface area contributed by atoms with E-state index in [2.05, 4.69) is 15.5 Å². The van der Waals surface area contributed by atoms with E-state index in [4.69, 9.17) is 0 Å². The van der Waals surface area contributed by atoms with E-state index in [1.807, 2.05) is 20.9 Å². The van der Waals surface area contributed by atoms with Gasteiger partial charge in [-0.1, -0.05) is 0 Å². The topological polar surface area (TPSA) is 40.7 Å². The molecule has 1 rings (SSSR count). The molecule has 0 amide bonds. The number of aromatic nitrogens is 2. The van der Waals surface area contributed by atoms with E-state index in [-0.39, 0.29) is 0 Å². The molecule has 3 heteroatoms. The van der Waals surface area contributed by atoms with Crippen LogP contribution in [0.4, 0.5) is 0 Å². The van der Waals surface area contributed by atoms with Gasteiger partial charge in [0.05, 0.1) is 5.69 Å². The van der Waals surface area contributed by atoms with Crippen LogP contribution in [-0.2, 0) is 6.54 Å². The van der Waals surface area contributed by atoms with Crippen molar-refractivity contribution >= 4 is 0 Å². The van der Waals surface area contributed by atoms with E-state index in [1.54, 1.807) is 0 Å². The lowest BCUT2D eigenvalue weighted by atomic mass is 10.2. The molecule has 0 aromatic carbocycles. The number of hydrogen-bond donors (Lipinski definition) is 2. The molecule has 0 spiro atoms. The molecule has 2 N–H and O–H groups in total. The van der Waals surface area contributed by atoms with Gasteiger partial charge in [0.2, 0.25) is 0 Å². The Morgan fingerprint density at radius 3 is 2.60 bits per heavy atom. The molecule has 1 heterocycles. The average molecular weight is 139 g/mol. The summed E-state index contributed by atoms with van der Waals surface area (Å²) < 4.78 is 0. The van der Waals surface area contributed by atoms with Crippen molar-refractivity contribution in [2.75, 3.05) is 7.05 Å². The number of rotatable bonds is 2. The molecule has 1 aromatic rings. The Morgan fingerprint density at radius 1 is 1.50 bits per heavy atom. The van der Waals surface area contributed by atoms with Crippen LogP contribution >= 0.6 is 0 Å². The number of hydrogen-bond acceptors (Lipinski definition) is 2. The number of nitrogens with one attached hydrogen (secondary N) is 2. The van der Waals surface area contributed by atoms with Gasteiger partial charge in [-0.3, -0.25) is 5.10 Å². The van der Waals surface area contributed by atoms with Crippen LogP contribution in [0, 0.1) is 13.8 Å². The van der Waals surface area contributed by atoms with E-state index in [0.717, 1.165) is 17.9 Å². The van der Waals surface area contributed by atoms with Crippen molar-refractivity contribution in [3.8, 4) is 0 Å². The first-order valence-electron chi connectivity index (χ1n) is 3.40. The Balaban J connectivity index is 2.87. The van der Waals surface area contributed by atoms with Crippen LogP contribution in [-0.4, -0.2) is 17.2 Å². The zero-order valence-corrected chi connectivity index (χ0v) is 6.65. The number of aromatic amines is 1. The number of H-pyrrole nitrogens is 1.